The lowest BCUT2D eigenvalue weighted by Gasteiger charge is -2.23. The zero-order chi connectivity index (χ0) is 12.3. The zero-order valence-electron chi connectivity index (χ0n) is 9.91. The average molecular weight is 237 g/mol. The summed E-state index contributed by atoms with van der Waals surface area (Å²) >= 11 is 0. The predicted octanol–water partition coefficient (Wildman–Crippen LogP) is 0.935. The molecule has 2 rings (SSSR count). The highest BCUT2D eigenvalue weighted by Crippen LogP contribution is 2.32. The molecule has 1 saturated carbocycles. The van der Waals surface area contributed by atoms with Gasteiger partial charge in [0.05, 0.1) is 0 Å². The van der Waals surface area contributed by atoms with Crippen LogP contribution in [-0.2, 0) is 6.42 Å². The van der Waals surface area contributed by atoms with Crippen molar-refractivity contribution in [3.8, 4) is 0 Å². The van der Waals surface area contributed by atoms with Crippen molar-refractivity contribution >= 4 is 5.95 Å². The van der Waals surface area contributed by atoms with Crippen LogP contribution in [0.2, 0.25) is 0 Å². The molecular formula is C12H19N3O2. The van der Waals surface area contributed by atoms with Gasteiger partial charge in [0.1, 0.15) is 0 Å². The summed E-state index contributed by atoms with van der Waals surface area (Å²) in [6, 6.07) is 0. The summed E-state index contributed by atoms with van der Waals surface area (Å²) in [6.07, 6.45) is 6.15. The number of nitrogens with zero attached hydrogens (tertiary/aromatic N) is 1. The first-order valence-electron chi connectivity index (χ1n) is 6.21. The minimum atomic E-state index is -0.295. The van der Waals surface area contributed by atoms with Crippen LogP contribution in [0.15, 0.2) is 4.79 Å². The summed E-state index contributed by atoms with van der Waals surface area (Å²) in [5.74, 6) is 0.542. The third-order valence-corrected chi connectivity index (χ3v) is 3.44. The third-order valence-electron chi connectivity index (χ3n) is 3.44. The second kappa shape index (κ2) is 5.31. The summed E-state index contributed by atoms with van der Waals surface area (Å²) in [5, 5.41) is 9.02. The van der Waals surface area contributed by atoms with Crippen molar-refractivity contribution in [2.45, 2.75) is 44.4 Å². The summed E-state index contributed by atoms with van der Waals surface area (Å²) in [6.45, 7) is -0.0333. The molecule has 17 heavy (non-hydrogen) atoms. The molecule has 4 N–H and O–H groups in total. The van der Waals surface area contributed by atoms with E-state index in [1.807, 2.05) is 0 Å². The fourth-order valence-corrected chi connectivity index (χ4v) is 2.63. The van der Waals surface area contributed by atoms with Crippen LogP contribution < -0.4 is 11.3 Å². The Kier molecular flexibility index (Phi) is 3.78. The minimum absolute atomic E-state index is 0.0333. The van der Waals surface area contributed by atoms with Crippen molar-refractivity contribution in [1.82, 2.24) is 9.97 Å². The maximum absolute atomic E-state index is 11.8. The van der Waals surface area contributed by atoms with Crippen molar-refractivity contribution in [2.75, 3.05) is 12.3 Å². The van der Waals surface area contributed by atoms with E-state index in [1.54, 1.807) is 0 Å². The second-order valence-corrected chi connectivity index (χ2v) is 4.63. The maximum atomic E-state index is 11.8. The Bertz CT molecular complexity index is 436. The highest BCUT2D eigenvalue weighted by Gasteiger charge is 2.21. The van der Waals surface area contributed by atoms with E-state index in [0.717, 1.165) is 18.5 Å². The molecule has 0 amide bonds. The first-order chi connectivity index (χ1) is 8.22. The monoisotopic (exact) mass is 237 g/mol. The van der Waals surface area contributed by atoms with E-state index in [1.165, 1.54) is 19.3 Å². The minimum Gasteiger partial charge on any atom is -0.396 e. The fraction of sp³-hybridized carbons (Fsp3) is 0.667. The molecule has 1 aliphatic carbocycles. The Hall–Kier alpha value is -1.36. The zero-order valence-corrected chi connectivity index (χ0v) is 9.91. The van der Waals surface area contributed by atoms with Crippen LogP contribution in [0.5, 0.6) is 0 Å². The van der Waals surface area contributed by atoms with Crippen LogP contribution in [0, 0.1) is 0 Å². The van der Waals surface area contributed by atoms with Crippen LogP contribution in [-0.4, -0.2) is 21.7 Å². The molecule has 1 aromatic heterocycles. The molecule has 1 fully saturated rings. The first kappa shape index (κ1) is 12.1. The predicted molar refractivity (Wildman–Crippen MR) is 65.9 cm³/mol. The number of nitrogens with two attached hydrogens (primary N) is 1. The Morgan fingerprint density at radius 1 is 1.35 bits per heavy atom. The highest BCUT2D eigenvalue weighted by atomic mass is 16.3. The van der Waals surface area contributed by atoms with Gasteiger partial charge in [-0.25, -0.2) is 0 Å². The summed E-state index contributed by atoms with van der Waals surface area (Å²) in [5.41, 5.74) is 6.81. The molecule has 0 aromatic carbocycles. The van der Waals surface area contributed by atoms with E-state index in [0.29, 0.717) is 17.9 Å². The van der Waals surface area contributed by atoms with Crippen LogP contribution in [0.4, 0.5) is 5.95 Å². The van der Waals surface area contributed by atoms with Crippen LogP contribution in [0.3, 0.4) is 0 Å². The van der Waals surface area contributed by atoms with E-state index in [-0.39, 0.29) is 18.1 Å². The number of hydrogen-bond donors (Lipinski definition) is 3. The number of aromatic amines is 1. The number of rotatable bonds is 3. The van der Waals surface area contributed by atoms with Gasteiger partial charge in [-0.3, -0.25) is 4.79 Å². The summed E-state index contributed by atoms with van der Waals surface area (Å²) < 4.78 is 0. The first-order valence-corrected chi connectivity index (χ1v) is 6.21. The number of anilines is 1. The van der Waals surface area contributed by atoms with Crippen LogP contribution >= 0.6 is 0 Å². The van der Waals surface area contributed by atoms with Gasteiger partial charge in [-0.15, -0.1) is 0 Å². The molecule has 0 bridgehead atoms. The number of aliphatic hydroxyl groups is 1. The number of aromatic nitrogens is 2. The van der Waals surface area contributed by atoms with Gasteiger partial charge in [0.15, 0.2) is 0 Å². The van der Waals surface area contributed by atoms with Crippen molar-refractivity contribution in [1.29, 1.82) is 0 Å². The lowest BCUT2D eigenvalue weighted by atomic mass is 9.85. The van der Waals surface area contributed by atoms with Crippen LogP contribution in [0.25, 0.3) is 0 Å². The van der Waals surface area contributed by atoms with Gasteiger partial charge in [0, 0.05) is 24.3 Å². The van der Waals surface area contributed by atoms with E-state index < -0.39 is 0 Å². The van der Waals surface area contributed by atoms with Gasteiger partial charge in [-0.1, -0.05) is 19.3 Å². The maximum Gasteiger partial charge on any atom is 0.277 e. The molecule has 1 aromatic rings. The Balaban J connectivity index is 2.38. The number of H-pyrrole nitrogens is 1. The topological polar surface area (TPSA) is 92.0 Å². The van der Waals surface area contributed by atoms with Gasteiger partial charge in [-0.2, -0.15) is 4.98 Å². The standard InChI is InChI=1S/C12H19N3O2/c13-12-14-10(8-4-2-1-3-5-8)9(6-7-16)11(17)15-12/h8,16H,1-7H2,(H3,13,14,15,17). The second-order valence-electron chi connectivity index (χ2n) is 4.63. The van der Waals surface area contributed by atoms with Crippen molar-refractivity contribution in [2.24, 2.45) is 0 Å². The summed E-state index contributed by atoms with van der Waals surface area (Å²) in [4.78, 5) is 18.5. The van der Waals surface area contributed by atoms with Crippen LogP contribution in [0.1, 0.15) is 49.3 Å². The van der Waals surface area contributed by atoms with E-state index >= 15 is 0 Å². The Morgan fingerprint density at radius 2 is 2.06 bits per heavy atom. The Labute approximate surface area is 100 Å². The molecule has 0 radical (unpaired) electrons. The van der Waals surface area contributed by atoms with Crippen molar-refractivity contribution in [3.63, 3.8) is 0 Å². The fourth-order valence-electron chi connectivity index (χ4n) is 2.63. The number of hydrogen-bond acceptors (Lipinski definition) is 4. The van der Waals surface area contributed by atoms with E-state index in [4.69, 9.17) is 10.8 Å². The molecule has 1 heterocycles. The molecule has 5 heteroatoms. The molecule has 1 aliphatic rings. The van der Waals surface area contributed by atoms with Gasteiger partial charge < -0.3 is 15.8 Å². The molecule has 0 spiro atoms. The molecule has 0 saturated heterocycles. The van der Waals surface area contributed by atoms with E-state index in [2.05, 4.69) is 9.97 Å². The lowest BCUT2D eigenvalue weighted by Crippen LogP contribution is -2.23. The summed E-state index contributed by atoms with van der Waals surface area (Å²) in [7, 11) is 0. The molecule has 5 nitrogen and oxygen atoms in total. The SMILES string of the molecule is Nc1nc(=O)c(CCO)c(C2CCCCC2)[nH]1. The Morgan fingerprint density at radius 3 is 2.71 bits per heavy atom. The molecule has 94 valence electrons. The van der Waals surface area contributed by atoms with Gasteiger partial charge in [-0.05, 0) is 18.8 Å². The third kappa shape index (κ3) is 2.66. The average Bonchev–Trinajstić information content (AvgIpc) is 2.33. The number of nitrogen functional groups attached to an aromatic ring is 1. The molecule has 0 atom stereocenters. The van der Waals surface area contributed by atoms with Gasteiger partial charge in [0.25, 0.3) is 5.56 Å². The lowest BCUT2D eigenvalue weighted by molar-refractivity contribution is 0.297. The van der Waals surface area contributed by atoms with Gasteiger partial charge >= 0.3 is 0 Å². The number of aliphatic hydroxyl groups excluding tert-OH is 1. The molecule has 0 unspecified atom stereocenters. The number of nitrogens with one attached hydrogen (secondary N) is 1. The van der Waals surface area contributed by atoms with E-state index in [9.17, 15) is 4.79 Å². The highest BCUT2D eigenvalue weighted by molar-refractivity contribution is 5.28. The van der Waals surface area contributed by atoms with Gasteiger partial charge in [0.2, 0.25) is 5.95 Å². The van der Waals surface area contributed by atoms with Crippen molar-refractivity contribution < 1.29 is 5.11 Å². The quantitative estimate of drug-likeness (QED) is 0.729. The molecular weight excluding hydrogens is 218 g/mol. The largest absolute Gasteiger partial charge is 0.396 e. The van der Waals surface area contributed by atoms with Crippen molar-refractivity contribution in [3.05, 3.63) is 21.6 Å². The smallest absolute Gasteiger partial charge is 0.277 e. The normalized spacial score (nSPS) is 17.2. The molecule has 0 aliphatic heterocycles.